The zero-order chi connectivity index (χ0) is 16.1. The van der Waals surface area contributed by atoms with E-state index in [1.165, 1.54) is 64.8 Å². The van der Waals surface area contributed by atoms with E-state index >= 15 is 0 Å². The summed E-state index contributed by atoms with van der Waals surface area (Å²) in [6.07, 6.45) is 6.76. The molecule has 4 rings (SSSR count). The van der Waals surface area contributed by atoms with E-state index < -0.39 is 0 Å². The predicted molar refractivity (Wildman–Crippen MR) is 112 cm³/mol. The molecule has 4 fully saturated rings. The van der Waals surface area contributed by atoms with Crippen molar-refractivity contribution in [3.63, 3.8) is 0 Å². The van der Waals surface area contributed by atoms with Gasteiger partial charge in [-0.1, -0.05) is 19.8 Å². The lowest BCUT2D eigenvalue weighted by molar-refractivity contribution is 0.0154. The molecule has 3 heterocycles. The minimum absolute atomic E-state index is 0. The van der Waals surface area contributed by atoms with Crippen LogP contribution in [0.5, 0.6) is 0 Å². The van der Waals surface area contributed by atoms with E-state index in [0.717, 1.165) is 25.6 Å². The van der Waals surface area contributed by atoms with Gasteiger partial charge in [0.05, 0.1) is 0 Å². The summed E-state index contributed by atoms with van der Waals surface area (Å²) in [5, 5.41) is 7.05. The van der Waals surface area contributed by atoms with Gasteiger partial charge < -0.3 is 10.6 Å². The largest absolute Gasteiger partial charge is 0.357 e. The van der Waals surface area contributed by atoms with Gasteiger partial charge in [0, 0.05) is 58.4 Å². The number of halogens is 1. The van der Waals surface area contributed by atoms with Gasteiger partial charge in [-0.15, -0.1) is 24.0 Å². The second-order valence-corrected chi connectivity index (χ2v) is 7.63. The van der Waals surface area contributed by atoms with Gasteiger partial charge in [0.25, 0.3) is 0 Å². The third-order valence-electron chi connectivity index (χ3n) is 6.23. The molecule has 2 bridgehead atoms. The number of aliphatic imine (C=N–C) groups is 1. The summed E-state index contributed by atoms with van der Waals surface area (Å²) in [6.45, 7) is 13.6. The summed E-state index contributed by atoms with van der Waals surface area (Å²) >= 11 is 0. The second-order valence-electron chi connectivity index (χ2n) is 7.63. The molecule has 1 aliphatic carbocycles. The average molecular weight is 449 g/mol. The standard InChI is InChI=1S/C18H35N5.HI/c1-3-18(7-5-6-8-18)15-21-17(19-4-2)20-13-16-14-22-9-11-23(16)12-10-22;/h16H,3-15H2,1-2H3,(H2,19,20,21);1H. The number of nitrogens with zero attached hydrogens (tertiary/aromatic N) is 3. The van der Waals surface area contributed by atoms with Crippen LogP contribution in [-0.4, -0.2) is 74.2 Å². The van der Waals surface area contributed by atoms with Crippen LogP contribution in [-0.2, 0) is 0 Å². The Kier molecular flexibility index (Phi) is 8.07. The summed E-state index contributed by atoms with van der Waals surface area (Å²) in [6, 6.07) is 0.646. The van der Waals surface area contributed by atoms with Crippen LogP contribution in [0.3, 0.4) is 0 Å². The first-order valence-corrected chi connectivity index (χ1v) is 9.73. The fourth-order valence-corrected chi connectivity index (χ4v) is 4.47. The topological polar surface area (TPSA) is 42.9 Å². The molecule has 24 heavy (non-hydrogen) atoms. The van der Waals surface area contributed by atoms with E-state index in [1.54, 1.807) is 0 Å². The molecule has 2 N–H and O–H groups in total. The molecule has 0 amide bonds. The van der Waals surface area contributed by atoms with Crippen LogP contribution in [0.4, 0.5) is 0 Å². The molecule has 0 aromatic carbocycles. The summed E-state index contributed by atoms with van der Waals surface area (Å²) in [4.78, 5) is 10.2. The average Bonchev–Trinajstić information content (AvgIpc) is 3.08. The van der Waals surface area contributed by atoms with Crippen molar-refractivity contribution in [1.29, 1.82) is 0 Å². The normalized spacial score (nSPS) is 31.6. The van der Waals surface area contributed by atoms with E-state index in [9.17, 15) is 0 Å². The molecule has 6 heteroatoms. The molecule has 4 aliphatic rings. The van der Waals surface area contributed by atoms with Crippen LogP contribution >= 0.6 is 24.0 Å². The number of piperazine rings is 3. The van der Waals surface area contributed by atoms with E-state index in [4.69, 9.17) is 4.99 Å². The molecule has 5 nitrogen and oxygen atoms in total. The van der Waals surface area contributed by atoms with Gasteiger partial charge in [0.2, 0.25) is 0 Å². The molecule has 1 saturated carbocycles. The maximum Gasteiger partial charge on any atom is 0.191 e. The number of hydrogen-bond acceptors (Lipinski definition) is 3. The first-order chi connectivity index (χ1) is 11.2. The van der Waals surface area contributed by atoms with Crippen LogP contribution in [0, 0.1) is 5.41 Å². The molecule has 1 unspecified atom stereocenters. The van der Waals surface area contributed by atoms with Crippen LogP contribution in [0.1, 0.15) is 46.0 Å². The minimum Gasteiger partial charge on any atom is -0.357 e. The number of guanidine groups is 1. The molecular weight excluding hydrogens is 413 g/mol. The highest BCUT2D eigenvalue weighted by Gasteiger charge is 2.33. The Morgan fingerprint density at radius 3 is 2.33 bits per heavy atom. The Morgan fingerprint density at radius 2 is 1.79 bits per heavy atom. The van der Waals surface area contributed by atoms with Crippen LogP contribution < -0.4 is 10.6 Å². The van der Waals surface area contributed by atoms with E-state index in [0.29, 0.717) is 11.5 Å². The second kappa shape index (κ2) is 9.57. The van der Waals surface area contributed by atoms with Crippen molar-refractivity contribution in [2.75, 3.05) is 52.4 Å². The molecular formula is C18H36IN5. The highest BCUT2D eigenvalue weighted by atomic mass is 127. The molecule has 0 aromatic rings. The van der Waals surface area contributed by atoms with Crippen molar-refractivity contribution in [3.05, 3.63) is 0 Å². The number of rotatable bonds is 6. The first kappa shape index (κ1) is 20.2. The Labute approximate surface area is 165 Å². The molecule has 3 saturated heterocycles. The van der Waals surface area contributed by atoms with E-state index in [2.05, 4.69) is 34.3 Å². The van der Waals surface area contributed by atoms with Crippen molar-refractivity contribution in [2.24, 2.45) is 10.4 Å². The van der Waals surface area contributed by atoms with Gasteiger partial charge in [0.1, 0.15) is 0 Å². The molecule has 3 aliphatic heterocycles. The molecule has 1 atom stereocenters. The van der Waals surface area contributed by atoms with Gasteiger partial charge in [-0.05, 0) is 31.6 Å². The molecule has 0 spiro atoms. The minimum atomic E-state index is 0. The Balaban J connectivity index is 0.00000208. The van der Waals surface area contributed by atoms with Crippen molar-refractivity contribution in [3.8, 4) is 0 Å². The lowest BCUT2D eigenvalue weighted by Gasteiger charge is -2.47. The third-order valence-corrected chi connectivity index (χ3v) is 6.23. The Bertz CT molecular complexity index is 400. The van der Waals surface area contributed by atoms with Crippen molar-refractivity contribution in [1.82, 2.24) is 20.4 Å². The molecule has 0 aromatic heterocycles. The van der Waals surface area contributed by atoms with Gasteiger partial charge in [0.15, 0.2) is 5.96 Å². The highest BCUT2D eigenvalue weighted by Crippen LogP contribution is 2.41. The van der Waals surface area contributed by atoms with Gasteiger partial charge in [-0.25, -0.2) is 0 Å². The summed E-state index contributed by atoms with van der Waals surface area (Å²) in [5.74, 6) is 1.02. The third kappa shape index (κ3) is 4.97. The monoisotopic (exact) mass is 449 g/mol. The lowest BCUT2D eigenvalue weighted by Crippen LogP contribution is -2.63. The zero-order valence-corrected chi connectivity index (χ0v) is 17.8. The number of nitrogens with one attached hydrogen (secondary N) is 2. The SMILES string of the molecule is CCNC(=NCC1(CC)CCCC1)NCC1CN2CCN1CC2.I. The summed E-state index contributed by atoms with van der Waals surface area (Å²) in [7, 11) is 0. The van der Waals surface area contributed by atoms with Crippen LogP contribution in [0.25, 0.3) is 0 Å². The van der Waals surface area contributed by atoms with E-state index in [1.807, 2.05) is 0 Å². The van der Waals surface area contributed by atoms with Gasteiger partial charge >= 0.3 is 0 Å². The van der Waals surface area contributed by atoms with Gasteiger partial charge in [-0.3, -0.25) is 14.8 Å². The smallest absolute Gasteiger partial charge is 0.191 e. The quantitative estimate of drug-likeness (QED) is 0.371. The summed E-state index contributed by atoms with van der Waals surface area (Å²) < 4.78 is 0. The first-order valence-electron chi connectivity index (χ1n) is 9.73. The maximum atomic E-state index is 4.95. The van der Waals surface area contributed by atoms with E-state index in [-0.39, 0.29) is 24.0 Å². The van der Waals surface area contributed by atoms with Crippen molar-refractivity contribution >= 4 is 29.9 Å². The van der Waals surface area contributed by atoms with Crippen LogP contribution in [0.2, 0.25) is 0 Å². The Hall–Kier alpha value is -0.0800. The van der Waals surface area contributed by atoms with Crippen molar-refractivity contribution < 1.29 is 0 Å². The highest BCUT2D eigenvalue weighted by molar-refractivity contribution is 14.0. The fraction of sp³-hybridized carbons (Fsp3) is 0.944. The fourth-order valence-electron chi connectivity index (χ4n) is 4.47. The number of fused-ring (bicyclic) bond motifs is 3. The number of hydrogen-bond donors (Lipinski definition) is 2. The zero-order valence-electron chi connectivity index (χ0n) is 15.5. The lowest BCUT2D eigenvalue weighted by atomic mass is 9.84. The van der Waals surface area contributed by atoms with Crippen molar-refractivity contribution in [2.45, 2.75) is 52.0 Å². The van der Waals surface area contributed by atoms with Crippen LogP contribution in [0.15, 0.2) is 4.99 Å². The maximum absolute atomic E-state index is 4.95. The predicted octanol–water partition coefficient (Wildman–Crippen LogP) is 2.13. The Morgan fingerprint density at radius 1 is 1.08 bits per heavy atom. The van der Waals surface area contributed by atoms with Gasteiger partial charge in [-0.2, -0.15) is 0 Å². The summed E-state index contributed by atoms with van der Waals surface area (Å²) in [5.41, 5.74) is 0.474. The molecule has 140 valence electrons. The molecule has 0 radical (unpaired) electrons.